The van der Waals surface area contributed by atoms with Gasteiger partial charge in [-0.2, -0.15) is 0 Å². The number of imide groups is 1. The van der Waals surface area contributed by atoms with Gasteiger partial charge < -0.3 is 9.64 Å². The van der Waals surface area contributed by atoms with Gasteiger partial charge in [-0.25, -0.2) is 4.79 Å². The normalized spacial score (nSPS) is 19.7. The number of benzene rings is 2. The van der Waals surface area contributed by atoms with E-state index in [0.717, 1.165) is 25.1 Å². The fourth-order valence-electron chi connectivity index (χ4n) is 5.05. The number of ether oxygens (including phenoxy) is 1. The van der Waals surface area contributed by atoms with Crippen LogP contribution in [-0.2, 0) is 22.5 Å². The number of likely N-dealkylation sites (tertiary alicyclic amines) is 1. The summed E-state index contributed by atoms with van der Waals surface area (Å²) in [6.07, 6.45) is 2.06. The van der Waals surface area contributed by atoms with Crippen molar-refractivity contribution in [3.8, 4) is 0 Å². The predicted octanol–water partition coefficient (Wildman–Crippen LogP) is 3.56. The minimum absolute atomic E-state index is 0.0431. The average molecular weight is 436 g/mol. The molecule has 0 saturated carbocycles. The second-order valence-corrected chi connectivity index (χ2v) is 8.92. The zero-order chi connectivity index (χ0) is 22.6. The zero-order valence-corrected chi connectivity index (χ0v) is 19.1. The second-order valence-electron chi connectivity index (χ2n) is 8.92. The molecule has 6 nitrogen and oxygen atoms in total. The second kappa shape index (κ2) is 9.84. The molecule has 0 N–H and O–H groups in total. The summed E-state index contributed by atoms with van der Waals surface area (Å²) >= 11 is 0. The maximum atomic E-state index is 13.7. The molecule has 2 fully saturated rings. The van der Waals surface area contributed by atoms with E-state index < -0.39 is 5.54 Å². The van der Waals surface area contributed by atoms with E-state index in [-0.39, 0.29) is 11.9 Å². The molecule has 3 amide bonds. The standard InChI is InChI=1S/C26H33N3O3/c1-21(20-32-2)27-17-14-26(15-18-27)24(30)28(19-23-11-7-4-8-12-23)25(31)29(26)16-13-22-9-5-3-6-10-22/h3-12,21H,13-20H2,1-2H3/t21-/m1/s1. The van der Waals surface area contributed by atoms with E-state index in [2.05, 4.69) is 24.0 Å². The van der Waals surface area contributed by atoms with Crippen LogP contribution in [0.25, 0.3) is 0 Å². The van der Waals surface area contributed by atoms with Crippen LogP contribution in [-0.4, -0.2) is 71.6 Å². The van der Waals surface area contributed by atoms with Crippen LogP contribution in [0.15, 0.2) is 60.7 Å². The lowest BCUT2D eigenvalue weighted by Crippen LogP contribution is -2.58. The van der Waals surface area contributed by atoms with Gasteiger partial charge in [-0.05, 0) is 37.3 Å². The van der Waals surface area contributed by atoms with E-state index >= 15 is 0 Å². The minimum Gasteiger partial charge on any atom is -0.383 e. The Morgan fingerprint density at radius 2 is 1.53 bits per heavy atom. The van der Waals surface area contributed by atoms with Crippen molar-refractivity contribution in [1.29, 1.82) is 0 Å². The lowest BCUT2D eigenvalue weighted by Gasteiger charge is -2.44. The number of hydrogen-bond donors (Lipinski definition) is 0. The van der Waals surface area contributed by atoms with Crippen molar-refractivity contribution in [2.75, 3.05) is 33.4 Å². The molecule has 2 aromatic carbocycles. The molecule has 170 valence electrons. The lowest BCUT2D eigenvalue weighted by molar-refractivity contribution is -0.136. The van der Waals surface area contributed by atoms with Crippen LogP contribution in [0, 0.1) is 0 Å². The number of hydrogen-bond acceptors (Lipinski definition) is 4. The van der Waals surface area contributed by atoms with Crippen LogP contribution in [0.1, 0.15) is 30.9 Å². The SMILES string of the molecule is COC[C@@H](C)N1CCC2(CC1)C(=O)N(Cc1ccccc1)C(=O)N2CCc1ccccc1. The first-order valence-corrected chi connectivity index (χ1v) is 11.5. The van der Waals surface area contributed by atoms with E-state index in [9.17, 15) is 9.59 Å². The maximum absolute atomic E-state index is 13.7. The Kier molecular flexibility index (Phi) is 6.92. The number of rotatable bonds is 8. The molecular formula is C26H33N3O3. The number of carbonyl (C=O) groups is 2. The highest BCUT2D eigenvalue weighted by Crippen LogP contribution is 2.38. The molecule has 2 heterocycles. The van der Waals surface area contributed by atoms with E-state index in [4.69, 9.17) is 4.74 Å². The number of urea groups is 1. The summed E-state index contributed by atoms with van der Waals surface area (Å²) in [5.41, 5.74) is 1.40. The predicted molar refractivity (Wildman–Crippen MR) is 124 cm³/mol. The Morgan fingerprint density at radius 1 is 0.938 bits per heavy atom. The van der Waals surface area contributed by atoms with Crippen molar-refractivity contribution >= 4 is 11.9 Å². The zero-order valence-electron chi connectivity index (χ0n) is 19.1. The Labute approximate surface area is 190 Å². The molecule has 32 heavy (non-hydrogen) atoms. The minimum atomic E-state index is -0.746. The molecule has 0 aliphatic carbocycles. The summed E-state index contributed by atoms with van der Waals surface area (Å²) in [4.78, 5) is 33.0. The van der Waals surface area contributed by atoms with Crippen LogP contribution in [0.5, 0.6) is 0 Å². The third-order valence-corrected chi connectivity index (χ3v) is 6.93. The van der Waals surface area contributed by atoms with Crippen molar-refractivity contribution < 1.29 is 14.3 Å². The van der Waals surface area contributed by atoms with Gasteiger partial charge in [0.15, 0.2) is 0 Å². The lowest BCUT2D eigenvalue weighted by atomic mass is 9.85. The molecule has 2 saturated heterocycles. The summed E-state index contributed by atoms with van der Waals surface area (Å²) in [7, 11) is 1.72. The average Bonchev–Trinajstić information content (AvgIpc) is 3.01. The molecule has 2 aliphatic rings. The molecule has 0 bridgehead atoms. The van der Waals surface area contributed by atoms with Crippen LogP contribution >= 0.6 is 0 Å². The number of amides is 3. The molecule has 2 aromatic rings. The van der Waals surface area contributed by atoms with Gasteiger partial charge in [0.25, 0.3) is 5.91 Å². The number of carbonyl (C=O) groups excluding carboxylic acids is 2. The van der Waals surface area contributed by atoms with Gasteiger partial charge in [0.2, 0.25) is 0 Å². The third-order valence-electron chi connectivity index (χ3n) is 6.93. The van der Waals surface area contributed by atoms with E-state index in [0.29, 0.717) is 38.6 Å². The summed E-state index contributed by atoms with van der Waals surface area (Å²) < 4.78 is 5.32. The third kappa shape index (κ3) is 4.43. The van der Waals surface area contributed by atoms with Crippen LogP contribution in [0.2, 0.25) is 0 Å². The first kappa shape index (κ1) is 22.5. The monoisotopic (exact) mass is 435 g/mol. The van der Waals surface area contributed by atoms with E-state index in [1.165, 1.54) is 10.5 Å². The molecule has 6 heteroatoms. The Bertz CT molecular complexity index is 910. The molecule has 1 spiro atoms. The molecule has 1 atom stereocenters. The summed E-state index contributed by atoms with van der Waals surface area (Å²) in [5, 5.41) is 0. The van der Waals surface area contributed by atoms with Crippen molar-refractivity contribution in [1.82, 2.24) is 14.7 Å². The first-order chi connectivity index (χ1) is 15.5. The summed E-state index contributed by atoms with van der Waals surface area (Å²) in [6, 6.07) is 20.1. The van der Waals surface area contributed by atoms with Gasteiger partial charge in [0, 0.05) is 32.8 Å². The maximum Gasteiger partial charge on any atom is 0.328 e. The fraction of sp³-hybridized carbons (Fsp3) is 0.462. The topological polar surface area (TPSA) is 53.1 Å². The highest BCUT2D eigenvalue weighted by molar-refractivity contribution is 6.07. The smallest absolute Gasteiger partial charge is 0.328 e. The quantitative estimate of drug-likeness (QED) is 0.595. The first-order valence-electron chi connectivity index (χ1n) is 11.5. The van der Waals surface area contributed by atoms with E-state index in [1.54, 1.807) is 7.11 Å². The molecule has 0 unspecified atom stereocenters. The Balaban J connectivity index is 1.56. The van der Waals surface area contributed by atoms with E-state index in [1.807, 2.05) is 53.4 Å². The highest BCUT2D eigenvalue weighted by atomic mass is 16.5. The van der Waals surface area contributed by atoms with Crippen molar-refractivity contribution in [3.63, 3.8) is 0 Å². The van der Waals surface area contributed by atoms with Gasteiger partial charge in [-0.1, -0.05) is 60.7 Å². The number of nitrogens with zero attached hydrogens (tertiary/aromatic N) is 3. The van der Waals surface area contributed by atoms with Gasteiger partial charge >= 0.3 is 6.03 Å². The van der Waals surface area contributed by atoms with Crippen LogP contribution in [0.3, 0.4) is 0 Å². The number of methoxy groups -OCH3 is 1. The fourth-order valence-corrected chi connectivity index (χ4v) is 5.05. The largest absolute Gasteiger partial charge is 0.383 e. The highest BCUT2D eigenvalue weighted by Gasteiger charge is 2.57. The molecule has 0 radical (unpaired) electrons. The molecule has 4 rings (SSSR count). The van der Waals surface area contributed by atoms with Crippen LogP contribution < -0.4 is 0 Å². The Hall–Kier alpha value is -2.70. The molecule has 2 aliphatic heterocycles. The molecule has 0 aromatic heterocycles. The van der Waals surface area contributed by atoms with Crippen LogP contribution in [0.4, 0.5) is 4.79 Å². The van der Waals surface area contributed by atoms with Gasteiger partial charge in [-0.15, -0.1) is 0 Å². The van der Waals surface area contributed by atoms with Crippen molar-refractivity contribution in [2.45, 2.75) is 44.3 Å². The van der Waals surface area contributed by atoms with Gasteiger partial charge in [0.1, 0.15) is 5.54 Å². The summed E-state index contributed by atoms with van der Waals surface area (Å²) in [5.74, 6) is -0.0431. The Morgan fingerprint density at radius 3 is 2.12 bits per heavy atom. The van der Waals surface area contributed by atoms with Gasteiger partial charge in [0.05, 0.1) is 13.2 Å². The van der Waals surface area contributed by atoms with Crippen molar-refractivity contribution in [3.05, 3.63) is 71.8 Å². The van der Waals surface area contributed by atoms with Gasteiger partial charge in [-0.3, -0.25) is 14.6 Å². The van der Waals surface area contributed by atoms with Crippen molar-refractivity contribution in [2.24, 2.45) is 0 Å². The number of piperidine rings is 1. The summed E-state index contributed by atoms with van der Waals surface area (Å²) in [6.45, 7) is 5.25. The molecular weight excluding hydrogens is 402 g/mol.